The van der Waals surface area contributed by atoms with Crippen molar-refractivity contribution in [3.63, 3.8) is 0 Å². The number of ether oxygens (including phenoxy) is 1. The number of rotatable bonds is 3. The van der Waals surface area contributed by atoms with E-state index < -0.39 is 35.6 Å². The van der Waals surface area contributed by atoms with Gasteiger partial charge in [-0.3, -0.25) is 20.5 Å². The monoisotopic (exact) mass is 383 g/mol. The summed E-state index contributed by atoms with van der Waals surface area (Å²) in [4.78, 5) is 42.1. The van der Waals surface area contributed by atoms with Crippen LogP contribution < -0.4 is 10.9 Å². The fourth-order valence-corrected chi connectivity index (χ4v) is 2.38. The third-order valence-electron chi connectivity index (χ3n) is 3.62. The molecule has 27 heavy (non-hydrogen) atoms. The standard InChI is InChI=1S/C16H22FN5O5/c1-16(2,3)27-15(26)22-7-6-21(14(24)25)9-11(22)13(23)20-19-12-5-4-10(17)8-18-12/h4-5,8,11H,6-7,9H2,1-3H3,(H,18,19)(H,20,23)(H,24,25). The van der Waals surface area contributed by atoms with Crippen LogP contribution in [0.4, 0.5) is 19.8 Å². The molecule has 1 unspecified atom stereocenters. The summed E-state index contributed by atoms with van der Waals surface area (Å²) in [5.41, 5.74) is 4.09. The number of amides is 3. The zero-order chi connectivity index (χ0) is 20.2. The minimum Gasteiger partial charge on any atom is -0.465 e. The van der Waals surface area contributed by atoms with Crippen LogP contribution in [-0.2, 0) is 9.53 Å². The zero-order valence-corrected chi connectivity index (χ0v) is 15.2. The number of carboxylic acid groups (broad SMARTS) is 1. The van der Waals surface area contributed by atoms with Crippen molar-refractivity contribution in [2.45, 2.75) is 32.4 Å². The zero-order valence-electron chi connectivity index (χ0n) is 15.2. The normalized spacial score (nSPS) is 17.3. The van der Waals surface area contributed by atoms with Crippen molar-refractivity contribution in [2.24, 2.45) is 0 Å². The molecule has 0 aromatic carbocycles. The van der Waals surface area contributed by atoms with Crippen molar-refractivity contribution in [3.05, 3.63) is 24.1 Å². The summed E-state index contributed by atoms with van der Waals surface area (Å²) in [6.07, 6.45) is -0.939. The Morgan fingerprint density at radius 2 is 2.00 bits per heavy atom. The van der Waals surface area contributed by atoms with E-state index in [0.29, 0.717) is 0 Å². The van der Waals surface area contributed by atoms with E-state index in [1.165, 1.54) is 11.0 Å². The quantitative estimate of drug-likeness (QED) is 0.671. The van der Waals surface area contributed by atoms with Crippen molar-refractivity contribution in [1.29, 1.82) is 0 Å². The fraction of sp³-hybridized carbons (Fsp3) is 0.500. The largest absolute Gasteiger partial charge is 0.465 e. The van der Waals surface area contributed by atoms with Gasteiger partial charge in [-0.05, 0) is 32.9 Å². The number of nitrogens with zero attached hydrogens (tertiary/aromatic N) is 3. The van der Waals surface area contributed by atoms with Crippen molar-refractivity contribution < 1.29 is 28.6 Å². The molecule has 0 aliphatic carbocycles. The lowest BCUT2D eigenvalue weighted by atomic mass is 10.1. The number of carbonyl (C=O) groups is 3. The average Bonchev–Trinajstić information content (AvgIpc) is 2.59. The van der Waals surface area contributed by atoms with Crippen LogP contribution >= 0.6 is 0 Å². The minimum absolute atomic E-state index is 0.00803. The number of aromatic nitrogens is 1. The second kappa shape index (κ2) is 8.06. The topological polar surface area (TPSA) is 124 Å². The maximum Gasteiger partial charge on any atom is 0.411 e. The van der Waals surface area contributed by atoms with Crippen LogP contribution in [0, 0.1) is 5.82 Å². The van der Waals surface area contributed by atoms with Crippen LogP contribution in [0.5, 0.6) is 0 Å². The fourth-order valence-electron chi connectivity index (χ4n) is 2.38. The molecular formula is C16H22FN5O5. The molecule has 2 rings (SSSR count). The summed E-state index contributed by atoms with van der Waals surface area (Å²) in [5.74, 6) is -1.01. The van der Waals surface area contributed by atoms with Gasteiger partial charge in [0.1, 0.15) is 23.3 Å². The maximum atomic E-state index is 12.9. The molecule has 1 aromatic heterocycles. The predicted molar refractivity (Wildman–Crippen MR) is 92.3 cm³/mol. The molecule has 148 valence electrons. The SMILES string of the molecule is CC(C)(C)OC(=O)N1CCN(C(=O)O)CC1C(=O)NNc1ccc(F)cn1. The Kier molecular flexibility index (Phi) is 6.03. The van der Waals surface area contributed by atoms with E-state index in [-0.39, 0.29) is 25.5 Å². The highest BCUT2D eigenvalue weighted by Gasteiger charge is 2.39. The van der Waals surface area contributed by atoms with E-state index in [2.05, 4.69) is 15.8 Å². The molecule has 1 saturated heterocycles. The summed E-state index contributed by atoms with van der Waals surface area (Å²) in [5, 5.41) is 9.18. The molecule has 11 heteroatoms. The van der Waals surface area contributed by atoms with Crippen LogP contribution in [-0.4, -0.2) is 69.3 Å². The van der Waals surface area contributed by atoms with Crippen molar-refractivity contribution in [3.8, 4) is 0 Å². The Balaban J connectivity index is 2.09. The van der Waals surface area contributed by atoms with E-state index in [9.17, 15) is 23.9 Å². The number of anilines is 1. The number of hydrazine groups is 1. The van der Waals surface area contributed by atoms with Crippen molar-refractivity contribution in [1.82, 2.24) is 20.2 Å². The van der Waals surface area contributed by atoms with E-state index in [1.807, 2.05) is 0 Å². The van der Waals surface area contributed by atoms with Gasteiger partial charge in [-0.1, -0.05) is 0 Å². The summed E-state index contributed by atoms with van der Waals surface area (Å²) in [7, 11) is 0. The first-order chi connectivity index (χ1) is 12.6. The van der Waals surface area contributed by atoms with Crippen LogP contribution in [0.15, 0.2) is 18.3 Å². The molecule has 1 aromatic rings. The van der Waals surface area contributed by atoms with Crippen LogP contribution in [0.25, 0.3) is 0 Å². The third kappa shape index (κ3) is 5.69. The lowest BCUT2D eigenvalue weighted by Gasteiger charge is -2.39. The summed E-state index contributed by atoms with van der Waals surface area (Å²) in [6, 6.07) is 1.37. The van der Waals surface area contributed by atoms with Gasteiger partial charge in [0.25, 0.3) is 5.91 Å². The Hall–Kier alpha value is -3.11. The van der Waals surface area contributed by atoms with Gasteiger partial charge in [-0.2, -0.15) is 0 Å². The summed E-state index contributed by atoms with van der Waals surface area (Å²) in [6.45, 7) is 4.93. The Morgan fingerprint density at radius 3 is 2.56 bits per heavy atom. The molecule has 3 N–H and O–H groups in total. The highest BCUT2D eigenvalue weighted by molar-refractivity contribution is 5.87. The van der Waals surface area contributed by atoms with Gasteiger partial charge in [0.2, 0.25) is 0 Å². The Labute approximate surface area is 155 Å². The molecular weight excluding hydrogens is 361 g/mol. The first-order valence-corrected chi connectivity index (χ1v) is 8.22. The van der Waals surface area contributed by atoms with Gasteiger partial charge in [0, 0.05) is 13.1 Å². The summed E-state index contributed by atoms with van der Waals surface area (Å²) >= 11 is 0. The highest BCUT2D eigenvalue weighted by Crippen LogP contribution is 2.16. The molecule has 3 amide bonds. The molecule has 1 aliphatic rings. The van der Waals surface area contributed by atoms with Crippen molar-refractivity contribution in [2.75, 3.05) is 25.1 Å². The first kappa shape index (κ1) is 20.2. The number of pyridine rings is 1. The van der Waals surface area contributed by atoms with E-state index >= 15 is 0 Å². The number of hydrogen-bond donors (Lipinski definition) is 3. The maximum absolute atomic E-state index is 12.9. The van der Waals surface area contributed by atoms with Crippen molar-refractivity contribution >= 4 is 23.9 Å². The predicted octanol–water partition coefficient (Wildman–Crippen LogP) is 1.26. The lowest BCUT2D eigenvalue weighted by molar-refractivity contribution is -0.127. The summed E-state index contributed by atoms with van der Waals surface area (Å²) < 4.78 is 18.2. The molecule has 1 aliphatic heterocycles. The van der Waals surface area contributed by atoms with Gasteiger partial charge in [0.15, 0.2) is 0 Å². The molecule has 1 fully saturated rings. The molecule has 2 heterocycles. The third-order valence-corrected chi connectivity index (χ3v) is 3.62. The molecule has 0 spiro atoms. The number of carbonyl (C=O) groups excluding carboxylic acids is 2. The lowest BCUT2D eigenvalue weighted by Crippen LogP contribution is -2.62. The van der Waals surface area contributed by atoms with Gasteiger partial charge in [-0.15, -0.1) is 0 Å². The van der Waals surface area contributed by atoms with E-state index in [4.69, 9.17) is 4.74 Å². The number of hydrogen-bond acceptors (Lipinski definition) is 6. The van der Waals surface area contributed by atoms with E-state index in [0.717, 1.165) is 17.2 Å². The first-order valence-electron chi connectivity index (χ1n) is 8.22. The van der Waals surface area contributed by atoms with Crippen LogP contribution in [0.1, 0.15) is 20.8 Å². The Morgan fingerprint density at radius 1 is 1.30 bits per heavy atom. The van der Waals surface area contributed by atoms with Gasteiger partial charge in [-0.25, -0.2) is 19.0 Å². The Bertz CT molecular complexity index is 706. The number of nitrogens with one attached hydrogen (secondary N) is 2. The van der Waals surface area contributed by atoms with Gasteiger partial charge in [0.05, 0.1) is 12.7 Å². The second-order valence-electron chi connectivity index (χ2n) is 6.89. The van der Waals surface area contributed by atoms with Crippen LogP contribution in [0.3, 0.4) is 0 Å². The minimum atomic E-state index is -1.19. The molecule has 1 atom stereocenters. The molecule has 0 bridgehead atoms. The average molecular weight is 383 g/mol. The van der Waals surface area contributed by atoms with Gasteiger partial charge < -0.3 is 14.7 Å². The number of piperazine rings is 1. The smallest absolute Gasteiger partial charge is 0.411 e. The number of halogens is 1. The van der Waals surface area contributed by atoms with Gasteiger partial charge >= 0.3 is 12.2 Å². The highest BCUT2D eigenvalue weighted by atomic mass is 19.1. The molecule has 10 nitrogen and oxygen atoms in total. The second-order valence-corrected chi connectivity index (χ2v) is 6.89. The van der Waals surface area contributed by atoms with E-state index in [1.54, 1.807) is 20.8 Å². The molecule has 0 radical (unpaired) electrons. The molecule has 0 saturated carbocycles. The van der Waals surface area contributed by atoms with Crippen LogP contribution in [0.2, 0.25) is 0 Å².